The van der Waals surface area contributed by atoms with E-state index < -0.39 is 0 Å². The highest BCUT2D eigenvalue weighted by molar-refractivity contribution is 5.39. The zero-order valence-corrected chi connectivity index (χ0v) is 11.4. The first kappa shape index (κ1) is 14.2. The minimum atomic E-state index is -0.0434. The molecule has 0 amide bonds. The van der Waals surface area contributed by atoms with Gasteiger partial charge in [-0.05, 0) is 43.9 Å². The maximum Gasteiger partial charge on any atom is 0.125 e. The van der Waals surface area contributed by atoms with Crippen LogP contribution >= 0.6 is 0 Å². The highest BCUT2D eigenvalue weighted by atomic mass is 16.5. The molecule has 1 aromatic carbocycles. The SMILES string of the molecule is COc1ccc(OCCCC2CCCO2)c(CO)c1. The van der Waals surface area contributed by atoms with Crippen LogP contribution in [0.15, 0.2) is 18.2 Å². The van der Waals surface area contributed by atoms with Gasteiger partial charge in [-0.1, -0.05) is 0 Å². The molecule has 1 N–H and O–H groups in total. The molecule has 106 valence electrons. The van der Waals surface area contributed by atoms with Gasteiger partial charge in [0.1, 0.15) is 11.5 Å². The maximum atomic E-state index is 9.31. The molecule has 1 atom stereocenters. The van der Waals surface area contributed by atoms with Gasteiger partial charge in [-0.3, -0.25) is 0 Å². The van der Waals surface area contributed by atoms with Gasteiger partial charge in [0.15, 0.2) is 0 Å². The van der Waals surface area contributed by atoms with Crippen LogP contribution in [0.3, 0.4) is 0 Å². The lowest BCUT2D eigenvalue weighted by atomic mass is 10.1. The van der Waals surface area contributed by atoms with Crippen LogP contribution in [0.1, 0.15) is 31.2 Å². The molecule has 0 aliphatic carbocycles. The Bertz CT molecular complexity index is 386. The minimum absolute atomic E-state index is 0.0434. The Balaban J connectivity index is 1.78. The Morgan fingerprint density at radius 1 is 1.42 bits per heavy atom. The molecule has 1 saturated heterocycles. The Morgan fingerprint density at radius 3 is 3.00 bits per heavy atom. The highest BCUT2D eigenvalue weighted by Crippen LogP contribution is 2.24. The molecule has 1 unspecified atom stereocenters. The third-order valence-electron chi connectivity index (χ3n) is 3.39. The summed E-state index contributed by atoms with van der Waals surface area (Å²) < 4.78 is 16.4. The molecule has 19 heavy (non-hydrogen) atoms. The molecule has 1 aliphatic rings. The van der Waals surface area contributed by atoms with Gasteiger partial charge < -0.3 is 19.3 Å². The van der Waals surface area contributed by atoms with Crippen LogP contribution in [0.5, 0.6) is 11.5 Å². The molecule has 1 aliphatic heterocycles. The molecular formula is C15H22O4. The zero-order chi connectivity index (χ0) is 13.5. The minimum Gasteiger partial charge on any atom is -0.497 e. The first-order valence-corrected chi connectivity index (χ1v) is 6.85. The number of aliphatic hydroxyl groups excluding tert-OH is 1. The predicted octanol–water partition coefficient (Wildman–Crippen LogP) is 2.53. The summed E-state index contributed by atoms with van der Waals surface area (Å²) in [5.41, 5.74) is 0.761. The van der Waals surface area contributed by atoms with Crippen molar-refractivity contribution in [2.45, 2.75) is 38.4 Å². The summed E-state index contributed by atoms with van der Waals surface area (Å²) in [6, 6.07) is 5.49. The topological polar surface area (TPSA) is 47.9 Å². The van der Waals surface area contributed by atoms with Crippen LogP contribution in [0.2, 0.25) is 0 Å². The first-order valence-electron chi connectivity index (χ1n) is 6.85. The molecule has 0 spiro atoms. The van der Waals surface area contributed by atoms with E-state index in [1.807, 2.05) is 12.1 Å². The summed E-state index contributed by atoms with van der Waals surface area (Å²) in [7, 11) is 1.61. The molecular weight excluding hydrogens is 244 g/mol. The van der Waals surface area contributed by atoms with Crippen molar-refractivity contribution in [1.82, 2.24) is 0 Å². The third kappa shape index (κ3) is 4.11. The van der Waals surface area contributed by atoms with Crippen molar-refractivity contribution in [3.8, 4) is 11.5 Å². The molecule has 4 nitrogen and oxygen atoms in total. The van der Waals surface area contributed by atoms with Crippen LogP contribution in [-0.4, -0.2) is 31.5 Å². The first-order chi connectivity index (χ1) is 9.33. The average molecular weight is 266 g/mol. The zero-order valence-electron chi connectivity index (χ0n) is 11.4. The van der Waals surface area contributed by atoms with Crippen molar-refractivity contribution in [1.29, 1.82) is 0 Å². The van der Waals surface area contributed by atoms with Gasteiger partial charge in [-0.25, -0.2) is 0 Å². The lowest BCUT2D eigenvalue weighted by Crippen LogP contribution is -2.08. The molecule has 2 rings (SSSR count). The Labute approximate surface area is 114 Å². The van der Waals surface area contributed by atoms with Crippen molar-refractivity contribution in [3.05, 3.63) is 23.8 Å². The number of aliphatic hydroxyl groups is 1. The third-order valence-corrected chi connectivity index (χ3v) is 3.39. The van der Waals surface area contributed by atoms with Crippen LogP contribution < -0.4 is 9.47 Å². The molecule has 4 heteroatoms. The van der Waals surface area contributed by atoms with Crippen molar-refractivity contribution < 1.29 is 19.3 Å². The normalized spacial score (nSPS) is 18.5. The molecule has 1 heterocycles. The van der Waals surface area contributed by atoms with Crippen molar-refractivity contribution >= 4 is 0 Å². The summed E-state index contributed by atoms with van der Waals surface area (Å²) in [6.45, 7) is 1.51. The van der Waals surface area contributed by atoms with Gasteiger partial charge in [0, 0.05) is 12.2 Å². The van der Waals surface area contributed by atoms with Gasteiger partial charge in [0.05, 0.1) is 26.4 Å². The number of hydrogen-bond donors (Lipinski definition) is 1. The van der Waals surface area contributed by atoms with Crippen molar-refractivity contribution in [2.24, 2.45) is 0 Å². The fourth-order valence-corrected chi connectivity index (χ4v) is 2.31. The van der Waals surface area contributed by atoms with Gasteiger partial charge in [-0.15, -0.1) is 0 Å². The fourth-order valence-electron chi connectivity index (χ4n) is 2.31. The fraction of sp³-hybridized carbons (Fsp3) is 0.600. The smallest absolute Gasteiger partial charge is 0.125 e. The lowest BCUT2D eigenvalue weighted by Gasteiger charge is -2.13. The van der Waals surface area contributed by atoms with Crippen molar-refractivity contribution in [2.75, 3.05) is 20.3 Å². The van der Waals surface area contributed by atoms with Gasteiger partial charge in [-0.2, -0.15) is 0 Å². The molecule has 0 saturated carbocycles. The predicted molar refractivity (Wildman–Crippen MR) is 72.6 cm³/mol. The van der Waals surface area contributed by atoms with E-state index in [2.05, 4.69) is 0 Å². The molecule has 1 fully saturated rings. The van der Waals surface area contributed by atoms with Crippen LogP contribution in [0, 0.1) is 0 Å². The van der Waals surface area contributed by atoms with Crippen LogP contribution in [0.25, 0.3) is 0 Å². The Morgan fingerprint density at radius 2 is 2.32 bits per heavy atom. The number of ether oxygens (including phenoxy) is 3. The summed E-state index contributed by atoms with van der Waals surface area (Å²) in [4.78, 5) is 0. The second-order valence-electron chi connectivity index (χ2n) is 4.76. The molecule has 0 aromatic heterocycles. The number of methoxy groups -OCH3 is 1. The lowest BCUT2D eigenvalue weighted by molar-refractivity contribution is 0.0980. The second-order valence-corrected chi connectivity index (χ2v) is 4.76. The van der Waals surface area contributed by atoms with E-state index in [0.717, 1.165) is 36.5 Å². The van der Waals surface area contributed by atoms with Crippen LogP contribution in [0.4, 0.5) is 0 Å². The monoisotopic (exact) mass is 266 g/mol. The number of rotatable bonds is 7. The summed E-state index contributed by atoms with van der Waals surface area (Å²) in [6.07, 6.45) is 4.78. The molecule has 0 radical (unpaired) electrons. The number of hydrogen-bond acceptors (Lipinski definition) is 4. The largest absolute Gasteiger partial charge is 0.497 e. The van der Waals surface area contributed by atoms with E-state index >= 15 is 0 Å². The van der Waals surface area contributed by atoms with E-state index in [9.17, 15) is 5.11 Å². The van der Waals surface area contributed by atoms with E-state index in [0.29, 0.717) is 12.7 Å². The highest BCUT2D eigenvalue weighted by Gasteiger charge is 2.14. The maximum absolute atomic E-state index is 9.31. The quantitative estimate of drug-likeness (QED) is 0.770. The second kappa shape index (κ2) is 7.36. The van der Waals surface area contributed by atoms with Gasteiger partial charge >= 0.3 is 0 Å². The standard InChI is InChI=1S/C15H22O4/c1-17-14-6-7-15(12(10-14)11-16)19-9-3-5-13-4-2-8-18-13/h6-7,10,13,16H,2-5,8-9,11H2,1H3. The molecule has 0 bridgehead atoms. The van der Waals surface area contributed by atoms with Gasteiger partial charge in [0.25, 0.3) is 0 Å². The summed E-state index contributed by atoms with van der Waals surface area (Å²) in [5.74, 6) is 1.46. The van der Waals surface area contributed by atoms with E-state index in [1.165, 1.54) is 12.8 Å². The number of benzene rings is 1. The van der Waals surface area contributed by atoms with E-state index in [-0.39, 0.29) is 6.61 Å². The Hall–Kier alpha value is -1.26. The van der Waals surface area contributed by atoms with Crippen LogP contribution in [-0.2, 0) is 11.3 Å². The Kier molecular flexibility index (Phi) is 5.48. The van der Waals surface area contributed by atoms with E-state index in [1.54, 1.807) is 13.2 Å². The average Bonchev–Trinajstić information content (AvgIpc) is 2.96. The summed E-state index contributed by atoms with van der Waals surface area (Å²) >= 11 is 0. The van der Waals surface area contributed by atoms with Crippen molar-refractivity contribution in [3.63, 3.8) is 0 Å². The summed E-state index contributed by atoms with van der Waals surface area (Å²) in [5, 5.41) is 9.31. The molecule has 1 aromatic rings. The van der Waals surface area contributed by atoms with E-state index in [4.69, 9.17) is 14.2 Å². The van der Waals surface area contributed by atoms with Gasteiger partial charge in [0.2, 0.25) is 0 Å².